The lowest BCUT2D eigenvalue weighted by atomic mass is 10.1. The van der Waals surface area contributed by atoms with E-state index >= 15 is 0 Å². The molecular weight excluding hydrogens is 397 g/mol. The van der Waals surface area contributed by atoms with Gasteiger partial charge in [0.15, 0.2) is 11.5 Å². The number of carbonyl (C=O) groups excluding carboxylic acids is 2. The van der Waals surface area contributed by atoms with Gasteiger partial charge in [-0.3, -0.25) is 19.7 Å². The van der Waals surface area contributed by atoms with Crippen LogP contribution in [-0.4, -0.2) is 35.7 Å². The van der Waals surface area contributed by atoms with Crippen LogP contribution >= 0.6 is 0 Å². The van der Waals surface area contributed by atoms with Crippen molar-refractivity contribution in [3.8, 4) is 11.5 Å². The van der Waals surface area contributed by atoms with Crippen LogP contribution in [-0.2, 0) is 16.2 Å². The molecule has 1 unspecified atom stereocenters. The molecule has 30 heavy (non-hydrogen) atoms. The highest BCUT2D eigenvalue weighted by Crippen LogP contribution is 2.29. The lowest BCUT2D eigenvalue weighted by Gasteiger charge is -2.13. The summed E-state index contributed by atoms with van der Waals surface area (Å²) in [5.74, 6) is -1.90. The van der Waals surface area contributed by atoms with E-state index in [1.807, 2.05) is 0 Å². The van der Waals surface area contributed by atoms with Gasteiger partial charge in [0.25, 0.3) is 0 Å². The number of rotatable bonds is 7. The number of amidine groups is 1. The smallest absolute Gasteiger partial charge is 0.368 e. The fourth-order valence-electron chi connectivity index (χ4n) is 2.63. The van der Waals surface area contributed by atoms with Crippen LogP contribution in [0.2, 0.25) is 0 Å². The van der Waals surface area contributed by atoms with Crippen LogP contribution in [0.15, 0.2) is 53.5 Å². The van der Waals surface area contributed by atoms with Crippen LogP contribution in [0.5, 0.6) is 11.5 Å². The molecule has 3 rings (SSSR count). The highest BCUT2D eigenvalue weighted by atomic mass is 19.1. The maximum atomic E-state index is 13.7. The van der Waals surface area contributed by atoms with Crippen molar-refractivity contribution >= 4 is 23.7 Å². The zero-order valence-electron chi connectivity index (χ0n) is 15.7. The molecule has 0 saturated carbocycles. The highest BCUT2D eigenvalue weighted by molar-refractivity contribution is 6.21. The molecule has 0 aromatic heterocycles. The summed E-state index contributed by atoms with van der Waals surface area (Å²) < 4.78 is 24.6. The number of hydrogen-bond donors (Lipinski definition) is 1. The Morgan fingerprint density at radius 1 is 1.20 bits per heavy atom. The van der Waals surface area contributed by atoms with Gasteiger partial charge < -0.3 is 14.8 Å². The van der Waals surface area contributed by atoms with Gasteiger partial charge in [-0.05, 0) is 29.8 Å². The minimum Gasteiger partial charge on any atom is -0.493 e. The Bertz CT molecular complexity index is 1070. The zero-order valence-corrected chi connectivity index (χ0v) is 15.7. The summed E-state index contributed by atoms with van der Waals surface area (Å²) >= 11 is 0. The molecule has 9 nitrogen and oxygen atoms in total. The third-order valence-corrected chi connectivity index (χ3v) is 4.14. The van der Waals surface area contributed by atoms with Gasteiger partial charge in [-0.1, -0.05) is 30.3 Å². The van der Waals surface area contributed by atoms with Crippen molar-refractivity contribution in [3.05, 3.63) is 75.6 Å². The molecule has 10 heteroatoms. The molecule has 0 fully saturated rings. The summed E-state index contributed by atoms with van der Waals surface area (Å²) in [6, 6.07) is 9.13. The number of halogens is 1. The van der Waals surface area contributed by atoms with Crippen molar-refractivity contribution < 1.29 is 28.4 Å². The fourth-order valence-corrected chi connectivity index (χ4v) is 2.63. The zero-order chi connectivity index (χ0) is 21.7. The predicted molar refractivity (Wildman–Crippen MR) is 104 cm³/mol. The Hall–Kier alpha value is -4.08. The number of ether oxygens (including phenoxy) is 2. The Morgan fingerprint density at radius 3 is 2.63 bits per heavy atom. The summed E-state index contributed by atoms with van der Waals surface area (Å²) in [4.78, 5) is 36.5. The first kappa shape index (κ1) is 20.6. The van der Waals surface area contributed by atoms with Crippen molar-refractivity contribution in [1.29, 1.82) is 0 Å². The van der Waals surface area contributed by atoms with Gasteiger partial charge in [-0.15, -0.1) is 0 Å². The second kappa shape index (κ2) is 8.95. The van der Waals surface area contributed by atoms with E-state index in [0.29, 0.717) is 22.6 Å². The normalized spacial score (nSPS) is 16.2. The monoisotopic (exact) mass is 413 g/mol. The van der Waals surface area contributed by atoms with Gasteiger partial charge in [-0.2, -0.15) is 4.99 Å². The molecule has 2 aromatic carbocycles. The van der Waals surface area contributed by atoms with Gasteiger partial charge in [0.05, 0.1) is 7.11 Å². The summed E-state index contributed by atoms with van der Waals surface area (Å²) in [7, 11) is 1.45. The van der Waals surface area contributed by atoms with Gasteiger partial charge in [0.1, 0.15) is 18.3 Å². The molecule has 154 valence electrons. The first-order chi connectivity index (χ1) is 14.4. The number of benzene rings is 2. The maximum Gasteiger partial charge on any atom is 0.368 e. The number of hydrogen-bond acceptors (Lipinski definition) is 6. The second-order valence-corrected chi connectivity index (χ2v) is 6.14. The SMILES string of the molecule is COc1cc(/C=C/C2=NC(=O)C([N+](=O)[O-])C(=O)N2)ccc1OCc1ccccc1F. The molecule has 1 aliphatic rings. The van der Waals surface area contributed by atoms with E-state index in [2.05, 4.69) is 10.3 Å². The molecule has 0 radical (unpaired) electrons. The molecule has 0 spiro atoms. The minimum absolute atomic E-state index is 0.0147. The van der Waals surface area contributed by atoms with Crippen molar-refractivity contribution in [1.82, 2.24) is 5.32 Å². The number of amides is 2. The summed E-state index contributed by atoms with van der Waals surface area (Å²) in [6.07, 6.45) is 2.86. The number of nitrogens with one attached hydrogen (secondary N) is 1. The first-order valence-corrected chi connectivity index (χ1v) is 8.68. The molecular formula is C20H16FN3O6. The lowest BCUT2D eigenvalue weighted by molar-refractivity contribution is -0.493. The van der Waals surface area contributed by atoms with Crippen LogP contribution in [0.3, 0.4) is 0 Å². The van der Waals surface area contributed by atoms with E-state index in [1.165, 1.54) is 25.3 Å². The number of aliphatic imine (C=N–C) groups is 1. The van der Waals surface area contributed by atoms with Crippen LogP contribution in [0.25, 0.3) is 6.08 Å². The number of methoxy groups -OCH3 is 1. The second-order valence-electron chi connectivity index (χ2n) is 6.14. The van der Waals surface area contributed by atoms with E-state index in [4.69, 9.17) is 9.47 Å². The van der Waals surface area contributed by atoms with Gasteiger partial charge in [0, 0.05) is 10.5 Å². The number of carbonyl (C=O) groups is 2. The van der Waals surface area contributed by atoms with Gasteiger partial charge in [0.2, 0.25) is 0 Å². The van der Waals surface area contributed by atoms with Crippen molar-refractivity contribution in [2.45, 2.75) is 12.6 Å². The van der Waals surface area contributed by atoms with Crippen molar-refractivity contribution in [2.24, 2.45) is 4.99 Å². The van der Waals surface area contributed by atoms with Crippen LogP contribution in [0.4, 0.5) is 4.39 Å². The molecule has 2 amide bonds. The standard InChI is InChI=1S/C20H16FN3O6/c1-29-16-10-12(6-8-15(16)30-11-13-4-2-3-5-14(13)21)7-9-17-22-19(25)18(24(27)28)20(26)23-17/h2-10,18H,11H2,1H3,(H,22,23,25,26)/b9-7+. The van der Waals surface area contributed by atoms with Crippen LogP contribution in [0.1, 0.15) is 11.1 Å². The highest BCUT2D eigenvalue weighted by Gasteiger charge is 2.41. The van der Waals surface area contributed by atoms with E-state index < -0.39 is 22.8 Å². The minimum atomic E-state index is -2.03. The van der Waals surface area contributed by atoms with Crippen molar-refractivity contribution in [2.75, 3.05) is 7.11 Å². The van der Waals surface area contributed by atoms with Gasteiger partial charge in [-0.25, -0.2) is 4.39 Å². The average Bonchev–Trinajstić information content (AvgIpc) is 2.71. The van der Waals surface area contributed by atoms with Crippen LogP contribution < -0.4 is 14.8 Å². The predicted octanol–water partition coefficient (Wildman–Crippen LogP) is 2.13. The molecule has 1 aliphatic heterocycles. The largest absolute Gasteiger partial charge is 0.493 e. The maximum absolute atomic E-state index is 13.7. The molecule has 2 aromatic rings. The Balaban J connectivity index is 1.73. The molecule has 1 N–H and O–H groups in total. The topological polar surface area (TPSA) is 120 Å². The first-order valence-electron chi connectivity index (χ1n) is 8.68. The Morgan fingerprint density at radius 2 is 1.97 bits per heavy atom. The average molecular weight is 413 g/mol. The van der Waals surface area contributed by atoms with E-state index in [9.17, 15) is 24.1 Å². The number of nitro groups is 1. The van der Waals surface area contributed by atoms with Crippen LogP contribution in [0, 0.1) is 15.9 Å². The Labute approximate surface area is 170 Å². The Kier molecular flexibility index (Phi) is 6.16. The lowest BCUT2D eigenvalue weighted by Crippen LogP contribution is -2.50. The third kappa shape index (κ3) is 4.66. The molecule has 1 heterocycles. The van der Waals surface area contributed by atoms with E-state index in [0.717, 1.165) is 0 Å². The van der Waals surface area contributed by atoms with E-state index in [1.54, 1.807) is 36.4 Å². The fraction of sp³-hybridized carbons (Fsp3) is 0.150. The molecule has 1 atom stereocenters. The summed E-state index contributed by atoms with van der Waals surface area (Å²) in [5, 5.41) is 12.9. The van der Waals surface area contributed by atoms with Crippen molar-refractivity contribution in [3.63, 3.8) is 0 Å². The van der Waals surface area contributed by atoms with E-state index in [-0.39, 0.29) is 18.3 Å². The third-order valence-electron chi connectivity index (χ3n) is 4.14. The molecule has 0 aliphatic carbocycles. The van der Waals surface area contributed by atoms with Gasteiger partial charge >= 0.3 is 17.9 Å². The molecule has 0 saturated heterocycles. The quantitative estimate of drug-likeness (QED) is 0.422. The summed E-state index contributed by atoms with van der Waals surface area (Å²) in [6.45, 7) is 0.0147. The number of nitrogens with zero attached hydrogens (tertiary/aromatic N) is 2. The summed E-state index contributed by atoms with van der Waals surface area (Å²) in [5.41, 5.74) is 1.01. The molecule has 0 bridgehead atoms.